The Morgan fingerprint density at radius 1 is 1.37 bits per heavy atom. The van der Waals surface area contributed by atoms with Gasteiger partial charge in [0, 0.05) is 6.54 Å². The number of hydrogen-bond donors (Lipinski definition) is 3. The summed E-state index contributed by atoms with van der Waals surface area (Å²) >= 11 is 5.91. The fourth-order valence-corrected chi connectivity index (χ4v) is 1.55. The van der Waals surface area contributed by atoms with Crippen LogP contribution in [0.25, 0.3) is 0 Å². The highest BCUT2D eigenvalue weighted by Gasteiger charge is 2.14. The number of carbonyl (C=O) groups is 2. The largest absolute Gasteiger partial charge is 0.393 e. The molecule has 0 bridgehead atoms. The average molecular weight is 285 g/mol. The van der Waals surface area contributed by atoms with Gasteiger partial charge in [-0.1, -0.05) is 17.7 Å². The molecule has 0 aliphatic rings. The summed E-state index contributed by atoms with van der Waals surface area (Å²) in [6.07, 6.45) is -0.126. The van der Waals surface area contributed by atoms with Crippen molar-refractivity contribution in [3.8, 4) is 0 Å². The molecular weight excluding hydrogens is 268 g/mol. The molecule has 1 aromatic rings. The van der Waals surface area contributed by atoms with Crippen LogP contribution < -0.4 is 10.6 Å². The van der Waals surface area contributed by atoms with Crippen LogP contribution >= 0.6 is 11.6 Å². The Bertz CT molecular complexity index is 475. The number of aliphatic hydroxyl groups is 1. The first-order valence-corrected chi connectivity index (χ1v) is 6.31. The summed E-state index contributed by atoms with van der Waals surface area (Å²) in [4.78, 5) is 23.1. The summed E-state index contributed by atoms with van der Waals surface area (Å²) in [6, 6.07) is 5.14. The third kappa shape index (κ3) is 5.28. The molecule has 0 saturated heterocycles. The second kappa shape index (κ2) is 7.11. The predicted octanol–water partition coefficient (Wildman–Crippen LogP) is 1.47. The van der Waals surface area contributed by atoms with E-state index < -0.39 is 17.9 Å². The average Bonchev–Trinajstić information content (AvgIpc) is 2.33. The third-order valence-electron chi connectivity index (χ3n) is 2.42. The van der Waals surface area contributed by atoms with Gasteiger partial charge in [-0.25, -0.2) is 0 Å². The van der Waals surface area contributed by atoms with E-state index >= 15 is 0 Å². The number of benzene rings is 1. The lowest BCUT2D eigenvalue weighted by Gasteiger charge is -2.09. The number of aliphatic hydroxyl groups excluding tert-OH is 1. The van der Waals surface area contributed by atoms with Crippen molar-refractivity contribution in [1.82, 2.24) is 5.32 Å². The van der Waals surface area contributed by atoms with Crippen molar-refractivity contribution in [2.75, 3.05) is 11.9 Å². The van der Waals surface area contributed by atoms with Gasteiger partial charge in [0.25, 0.3) is 0 Å². The van der Waals surface area contributed by atoms with Crippen LogP contribution in [0.2, 0.25) is 5.02 Å². The van der Waals surface area contributed by atoms with Gasteiger partial charge >= 0.3 is 11.8 Å². The maximum atomic E-state index is 11.6. The smallest absolute Gasteiger partial charge is 0.313 e. The molecule has 0 aromatic heterocycles. The van der Waals surface area contributed by atoms with Gasteiger partial charge in [-0.2, -0.15) is 0 Å². The van der Waals surface area contributed by atoms with Gasteiger partial charge in [0.2, 0.25) is 0 Å². The third-order valence-corrected chi connectivity index (χ3v) is 2.75. The molecular formula is C13H17ClN2O3. The highest BCUT2D eigenvalue weighted by molar-refractivity contribution is 6.41. The number of aryl methyl sites for hydroxylation is 1. The van der Waals surface area contributed by atoms with Gasteiger partial charge in [-0.3, -0.25) is 9.59 Å². The van der Waals surface area contributed by atoms with Crippen LogP contribution in [0.1, 0.15) is 18.9 Å². The van der Waals surface area contributed by atoms with E-state index in [4.69, 9.17) is 16.7 Å². The van der Waals surface area contributed by atoms with Crippen LogP contribution in [0, 0.1) is 6.92 Å². The Morgan fingerprint density at radius 2 is 2.05 bits per heavy atom. The Balaban J connectivity index is 2.54. The number of carbonyl (C=O) groups excluding carboxylic acids is 2. The molecule has 1 rings (SSSR count). The topological polar surface area (TPSA) is 78.4 Å². The van der Waals surface area contributed by atoms with Crippen molar-refractivity contribution in [3.63, 3.8) is 0 Å². The zero-order chi connectivity index (χ0) is 14.4. The molecule has 0 radical (unpaired) electrons. The summed E-state index contributed by atoms with van der Waals surface area (Å²) in [5.74, 6) is -1.53. The fraction of sp³-hybridized carbons (Fsp3) is 0.385. The quantitative estimate of drug-likeness (QED) is 0.733. The Morgan fingerprint density at radius 3 is 2.68 bits per heavy atom. The van der Waals surface area contributed by atoms with Crippen molar-refractivity contribution >= 4 is 29.1 Å². The molecule has 6 heteroatoms. The fourth-order valence-electron chi connectivity index (χ4n) is 1.39. The molecule has 0 heterocycles. The molecule has 0 aliphatic heterocycles. The first-order valence-electron chi connectivity index (χ1n) is 5.93. The van der Waals surface area contributed by atoms with Crippen LogP contribution in [0.5, 0.6) is 0 Å². The Labute approximate surface area is 117 Å². The minimum atomic E-state index is -0.780. The molecule has 0 spiro atoms. The van der Waals surface area contributed by atoms with Crippen LogP contribution in [-0.4, -0.2) is 29.6 Å². The number of anilines is 1. The predicted molar refractivity (Wildman–Crippen MR) is 74.1 cm³/mol. The molecule has 1 unspecified atom stereocenters. The van der Waals surface area contributed by atoms with E-state index in [1.54, 1.807) is 25.1 Å². The zero-order valence-electron chi connectivity index (χ0n) is 10.9. The molecule has 104 valence electrons. The molecule has 2 amide bonds. The number of amides is 2. The molecule has 19 heavy (non-hydrogen) atoms. The van der Waals surface area contributed by atoms with E-state index in [2.05, 4.69) is 10.6 Å². The van der Waals surface area contributed by atoms with Gasteiger partial charge in [-0.05, 0) is 38.0 Å². The first kappa shape index (κ1) is 15.5. The van der Waals surface area contributed by atoms with E-state index in [1.165, 1.54) is 0 Å². The Hall–Kier alpha value is -1.59. The van der Waals surface area contributed by atoms with Gasteiger partial charge in [0.05, 0.1) is 16.8 Å². The summed E-state index contributed by atoms with van der Waals surface area (Å²) in [7, 11) is 0. The molecule has 5 nitrogen and oxygen atoms in total. The normalized spacial score (nSPS) is 11.8. The monoisotopic (exact) mass is 284 g/mol. The summed E-state index contributed by atoms with van der Waals surface area (Å²) in [5.41, 5.74) is 1.33. The van der Waals surface area contributed by atoms with Crippen LogP contribution in [0.3, 0.4) is 0 Å². The lowest BCUT2D eigenvalue weighted by atomic mass is 10.2. The molecule has 1 atom stereocenters. The molecule has 0 aliphatic carbocycles. The van der Waals surface area contributed by atoms with E-state index in [-0.39, 0.29) is 6.54 Å². The second-order valence-electron chi connectivity index (χ2n) is 4.33. The van der Waals surface area contributed by atoms with Crippen molar-refractivity contribution in [1.29, 1.82) is 0 Å². The van der Waals surface area contributed by atoms with Gasteiger partial charge < -0.3 is 15.7 Å². The van der Waals surface area contributed by atoms with Crippen molar-refractivity contribution in [3.05, 3.63) is 28.8 Å². The highest BCUT2D eigenvalue weighted by Crippen LogP contribution is 2.22. The van der Waals surface area contributed by atoms with Crippen molar-refractivity contribution < 1.29 is 14.7 Å². The minimum absolute atomic E-state index is 0.242. The second-order valence-corrected chi connectivity index (χ2v) is 4.74. The minimum Gasteiger partial charge on any atom is -0.393 e. The van der Waals surface area contributed by atoms with E-state index in [1.807, 2.05) is 6.92 Å². The lowest BCUT2D eigenvalue weighted by Crippen LogP contribution is -2.36. The molecule has 0 saturated carbocycles. The summed E-state index contributed by atoms with van der Waals surface area (Å²) < 4.78 is 0. The molecule has 3 N–H and O–H groups in total. The van der Waals surface area contributed by atoms with Crippen molar-refractivity contribution in [2.45, 2.75) is 26.4 Å². The first-order chi connectivity index (χ1) is 8.90. The number of rotatable bonds is 4. The number of halogens is 1. The molecule has 0 fully saturated rings. The highest BCUT2D eigenvalue weighted by atomic mass is 35.5. The summed E-state index contributed by atoms with van der Waals surface area (Å²) in [6.45, 7) is 3.71. The number of hydrogen-bond acceptors (Lipinski definition) is 3. The maximum absolute atomic E-state index is 11.6. The van der Waals surface area contributed by atoms with Gasteiger partial charge in [0.1, 0.15) is 0 Å². The summed E-state index contributed by atoms with van der Waals surface area (Å²) in [5, 5.41) is 14.3. The lowest BCUT2D eigenvalue weighted by molar-refractivity contribution is -0.136. The van der Waals surface area contributed by atoms with Crippen LogP contribution in [-0.2, 0) is 9.59 Å². The Kier molecular flexibility index (Phi) is 5.79. The number of nitrogens with one attached hydrogen (secondary N) is 2. The zero-order valence-corrected chi connectivity index (χ0v) is 11.6. The van der Waals surface area contributed by atoms with Crippen molar-refractivity contribution in [2.24, 2.45) is 0 Å². The van der Waals surface area contributed by atoms with Crippen LogP contribution in [0.15, 0.2) is 18.2 Å². The molecule has 1 aromatic carbocycles. The van der Waals surface area contributed by atoms with Crippen LogP contribution in [0.4, 0.5) is 5.69 Å². The van der Waals surface area contributed by atoms with Gasteiger partial charge in [0.15, 0.2) is 0 Å². The maximum Gasteiger partial charge on any atom is 0.313 e. The van der Waals surface area contributed by atoms with E-state index in [0.717, 1.165) is 5.56 Å². The van der Waals surface area contributed by atoms with E-state index in [9.17, 15) is 9.59 Å². The van der Waals surface area contributed by atoms with E-state index in [0.29, 0.717) is 17.1 Å². The standard InChI is InChI=1S/C13H17ClN2O3/c1-8-3-4-10(14)11(7-8)16-13(19)12(18)15-6-5-9(2)17/h3-4,7,9,17H,5-6H2,1-2H3,(H,15,18)(H,16,19). The SMILES string of the molecule is Cc1ccc(Cl)c(NC(=O)C(=O)NCCC(C)O)c1. The van der Waals surface area contributed by atoms with Gasteiger partial charge in [-0.15, -0.1) is 0 Å².